The molecule has 0 spiro atoms. The lowest BCUT2D eigenvalue weighted by Gasteiger charge is -2.24. The van der Waals surface area contributed by atoms with Crippen LogP contribution in [0.1, 0.15) is 27.2 Å². The molecular weight excluding hydrogens is 208 g/mol. The SMILES string of the molecule is CC(C)(C)NCC(=O)N1CCCSCC1. The maximum Gasteiger partial charge on any atom is 0.236 e. The first-order valence-corrected chi connectivity index (χ1v) is 6.75. The zero-order valence-corrected chi connectivity index (χ0v) is 10.8. The van der Waals surface area contributed by atoms with Crippen molar-refractivity contribution in [3.63, 3.8) is 0 Å². The molecule has 0 saturated carbocycles. The molecule has 1 aliphatic heterocycles. The van der Waals surface area contributed by atoms with Gasteiger partial charge in [0.15, 0.2) is 0 Å². The van der Waals surface area contributed by atoms with E-state index in [4.69, 9.17) is 0 Å². The molecule has 0 atom stereocenters. The van der Waals surface area contributed by atoms with Gasteiger partial charge in [0.05, 0.1) is 6.54 Å². The van der Waals surface area contributed by atoms with E-state index in [1.165, 1.54) is 5.75 Å². The third kappa shape index (κ3) is 5.42. The normalized spacial score (nSPS) is 18.7. The molecule has 4 heteroatoms. The first-order valence-electron chi connectivity index (χ1n) is 5.59. The number of amides is 1. The molecule has 0 aromatic carbocycles. The molecule has 0 radical (unpaired) electrons. The van der Waals surface area contributed by atoms with Crippen LogP contribution in [0.15, 0.2) is 0 Å². The maximum absolute atomic E-state index is 11.9. The number of carbonyl (C=O) groups excluding carboxylic acids is 1. The van der Waals surface area contributed by atoms with Crippen LogP contribution >= 0.6 is 11.8 Å². The van der Waals surface area contributed by atoms with Gasteiger partial charge in [0.25, 0.3) is 0 Å². The first kappa shape index (κ1) is 12.8. The molecule has 0 aliphatic carbocycles. The fourth-order valence-corrected chi connectivity index (χ4v) is 2.33. The quantitative estimate of drug-likeness (QED) is 0.777. The van der Waals surface area contributed by atoms with Crippen LogP contribution < -0.4 is 5.32 Å². The number of nitrogens with one attached hydrogen (secondary N) is 1. The lowest BCUT2D eigenvalue weighted by atomic mass is 10.1. The molecule has 88 valence electrons. The van der Waals surface area contributed by atoms with Crippen LogP contribution in [0.2, 0.25) is 0 Å². The minimum absolute atomic E-state index is 0.0241. The molecule has 1 amide bonds. The lowest BCUT2D eigenvalue weighted by molar-refractivity contribution is -0.130. The van der Waals surface area contributed by atoms with Crippen LogP contribution in [-0.4, -0.2) is 47.5 Å². The number of carbonyl (C=O) groups is 1. The molecule has 1 N–H and O–H groups in total. The number of nitrogens with zero attached hydrogens (tertiary/aromatic N) is 1. The standard InChI is InChI=1S/C11H22N2OS/c1-11(2,3)12-9-10(14)13-5-4-7-15-8-6-13/h12H,4-9H2,1-3H3. The Kier molecular flexibility index (Phi) is 4.93. The second kappa shape index (κ2) is 5.75. The second-order valence-electron chi connectivity index (χ2n) is 4.95. The van der Waals surface area contributed by atoms with Gasteiger partial charge >= 0.3 is 0 Å². The van der Waals surface area contributed by atoms with Crippen LogP contribution in [0, 0.1) is 0 Å². The first-order chi connectivity index (χ1) is 6.99. The van der Waals surface area contributed by atoms with Gasteiger partial charge in [-0.2, -0.15) is 11.8 Å². The van der Waals surface area contributed by atoms with Crippen LogP contribution in [0.3, 0.4) is 0 Å². The highest BCUT2D eigenvalue weighted by Gasteiger charge is 2.17. The molecule has 0 aromatic heterocycles. The molecule has 1 aliphatic rings. The average molecular weight is 230 g/mol. The molecule has 0 unspecified atom stereocenters. The molecule has 1 heterocycles. The van der Waals surface area contributed by atoms with Gasteiger partial charge in [-0.1, -0.05) is 0 Å². The summed E-state index contributed by atoms with van der Waals surface area (Å²) in [6.07, 6.45) is 1.13. The number of rotatable bonds is 2. The Hall–Kier alpha value is -0.220. The van der Waals surface area contributed by atoms with Crippen molar-refractivity contribution < 1.29 is 4.79 Å². The van der Waals surface area contributed by atoms with E-state index in [0.717, 1.165) is 25.3 Å². The van der Waals surface area contributed by atoms with E-state index in [1.54, 1.807) is 0 Å². The van der Waals surface area contributed by atoms with Crippen molar-refractivity contribution in [2.45, 2.75) is 32.7 Å². The Bertz CT molecular complexity index is 205. The number of thioether (sulfide) groups is 1. The van der Waals surface area contributed by atoms with E-state index >= 15 is 0 Å². The van der Waals surface area contributed by atoms with Crippen molar-refractivity contribution in [1.29, 1.82) is 0 Å². The van der Waals surface area contributed by atoms with Gasteiger partial charge in [0.2, 0.25) is 5.91 Å². The maximum atomic E-state index is 11.9. The minimum atomic E-state index is 0.0241. The zero-order valence-electron chi connectivity index (χ0n) is 10.0. The summed E-state index contributed by atoms with van der Waals surface area (Å²) in [4.78, 5) is 13.8. The summed E-state index contributed by atoms with van der Waals surface area (Å²) < 4.78 is 0. The monoisotopic (exact) mass is 230 g/mol. The molecule has 0 aromatic rings. The van der Waals surface area contributed by atoms with Gasteiger partial charge in [-0.05, 0) is 32.9 Å². The van der Waals surface area contributed by atoms with Crippen molar-refractivity contribution >= 4 is 17.7 Å². The molecule has 1 rings (SSSR count). The van der Waals surface area contributed by atoms with Crippen LogP contribution in [0.25, 0.3) is 0 Å². The van der Waals surface area contributed by atoms with Crippen LogP contribution in [0.4, 0.5) is 0 Å². The van der Waals surface area contributed by atoms with Gasteiger partial charge < -0.3 is 10.2 Å². The van der Waals surface area contributed by atoms with Crippen molar-refractivity contribution in [3.8, 4) is 0 Å². The summed E-state index contributed by atoms with van der Waals surface area (Å²) in [7, 11) is 0. The zero-order chi connectivity index (χ0) is 11.3. The smallest absolute Gasteiger partial charge is 0.236 e. The molecule has 1 saturated heterocycles. The van der Waals surface area contributed by atoms with Gasteiger partial charge in [0, 0.05) is 24.4 Å². The van der Waals surface area contributed by atoms with Crippen molar-refractivity contribution in [2.75, 3.05) is 31.1 Å². The Morgan fingerprint density at radius 1 is 1.33 bits per heavy atom. The Morgan fingerprint density at radius 3 is 2.73 bits per heavy atom. The summed E-state index contributed by atoms with van der Waals surface area (Å²) in [6, 6.07) is 0. The van der Waals surface area contributed by atoms with Gasteiger partial charge in [-0.15, -0.1) is 0 Å². The highest BCUT2D eigenvalue weighted by Crippen LogP contribution is 2.10. The van der Waals surface area contributed by atoms with Gasteiger partial charge in [-0.3, -0.25) is 4.79 Å². The summed E-state index contributed by atoms with van der Waals surface area (Å²) in [5.74, 6) is 2.52. The van der Waals surface area contributed by atoms with Crippen molar-refractivity contribution in [3.05, 3.63) is 0 Å². The van der Waals surface area contributed by atoms with E-state index in [-0.39, 0.29) is 11.4 Å². The van der Waals surface area contributed by atoms with Crippen molar-refractivity contribution in [2.24, 2.45) is 0 Å². The Balaban J connectivity index is 2.32. The van der Waals surface area contributed by atoms with E-state index in [9.17, 15) is 4.79 Å². The number of hydrogen-bond acceptors (Lipinski definition) is 3. The fraction of sp³-hybridized carbons (Fsp3) is 0.909. The molecule has 15 heavy (non-hydrogen) atoms. The lowest BCUT2D eigenvalue weighted by Crippen LogP contribution is -2.45. The average Bonchev–Trinajstić information content (AvgIpc) is 2.41. The molecule has 3 nitrogen and oxygen atoms in total. The predicted octanol–water partition coefficient (Wildman–Crippen LogP) is 1.34. The van der Waals surface area contributed by atoms with Gasteiger partial charge in [0.1, 0.15) is 0 Å². The predicted molar refractivity (Wildman–Crippen MR) is 66.3 cm³/mol. The highest BCUT2D eigenvalue weighted by molar-refractivity contribution is 7.99. The topological polar surface area (TPSA) is 32.3 Å². The minimum Gasteiger partial charge on any atom is -0.341 e. The molecule has 1 fully saturated rings. The van der Waals surface area contributed by atoms with E-state index in [1.807, 2.05) is 16.7 Å². The number of hydrogen-bond donors (Lipinski definition) is 1. The third-order valence-corrected chi connectivity index (χ3v) is 3.39. The van der Waals surface area contributed by atoms with E-state index in [0.29, 0.717) is 6.54 Å². The fourth-order valence-electron chi connectivity index (χ4n) is 1.45. The highest BCUT2D eigenvalue weighted by atomic mass is 32.2. The Labute approximate surface area is 97.0 Å². The van der Waals surface area contributed by atoms with Crippen LogP contribution in [0.5, 0.6) is 0 Å². The summed E-state index contributed by atoms with van der Waals surface area (Å²) in [5.41, 5.74) is 0.0241. The molecular formula is C11H22N2OS. The summed E-state index contributed by atoms with van der Waals surface area (Å²) in [5, 5.41) is 3.24. The summed E-state index contributed by atoms with van der Waals surface area (Å²) >= 11 is 1.95. The van der Waals surface area contributed by atoms with Gasteiger partial charge in [-0.25, -0.2) is 0 Å². The second-order valence-corrected chi connectivity index (χ2v) is 6.18. The van der Waals surface area contributed by atoms with E-state index < -0.39 is 0 Å². The van der Waals surface area contributed by atoms with E-state index in [2.05, 4.69) is 26.1 Å². The Morgan fingerprint density at radius 2 is 2.07 bits per heavy atom. The molecule has 0 bridgehead atoms. The summed E-state index contributed by atoms with van der Waals surface area (Å²) in [6.45, 7) is 8.55. The largest absolute Gasteiger partial charge is 0.341 e. The van der Waals surface area contributed by atoms with Crippen molar-refractivity contribution in [1.82, 2.24) is 10.2 Å². The van der Waals surface area contributed by atoms with Crippen LogP contribution in [-0.2, 0) is 4.79 Å². The third-order valence-electron chi connectivity index (χ3n) is 2.34.